The monoisotopic (exact) mass is 346 g/mol. The fourth-order valence-electron chi connectivity index (χ4n) is 4.97. The molecule has 1 aromatic heterocycles. The van der Waals surface area contributed by atoms with Crippen LogP contribution in [0.15, 0.2) is 12.4 Å². The first-order chi connectivity index (χ1) is 12.1. The van der Waals surface area contributed by atoms with E-state index in [0.29, 0.717) is 6.54 Å². The number of anilines is 2. The summed E-state index contributed by atoms with van der Waals surface area (Å²) in [6, 6.07) is 2.07. The van der Waals surface area contributed by atoms with Gasteiger partial charge in [-0.25, -0.2) is 9.97 Å². The van der Waals surface area contributed by atoms with Crippen molar-refractivity contribution in [3.8, 4) is 0 Å². The molecule has 7 nitrogen and oxygen atoms in total. The summed E-state index contributed by atoms with van der Waals surface area (Å²) in [6.45, 7) is 2.32. The van der Waals surface area contributed by atoms with Crippen molar-refractivity contribution in [2.45, 2.75) is 44.6 Å². The van der Waals surface area contributed by atoms with Gasteiger partial charge in [0.25, 0.3) is 0 Å². The Bertz CT molecular complexity index is 655. The molecule has 0 aromatic carbocycles. The third-order valence-corrected chi connectivity index (χ3v) is 6.39. The number of piperidine rings is 1. The molecular weight excluding hydrogens is 320 g/mol. The lowest BCUT2D eigenvalue weighted by atomic mass is 9.81. The first kappa shape index (κ1) is 16.6. The Morgan fingerprint density at radius 1 is 1.24 bits per heavy atom. The van der Waals surface area contributed by atoms with Gasteiger partial charge in [0, 0.05) is 25.7 Å². The molecule has 3 fully saturated rings. The Morgan fingerprint density at radius 3 is 2.84 bits per heavy atom. The molecule has 4 rings (SSSR count). The highest BCUT2D eigenvalue weighted by molar-refractivity contribution is 5.78. The van der Waals surface area contributed by atoms with Gasteiger partial charge in [-0.2, -0.15) is 0 Å². The van der Waals surface area contributed by atoms with Gasteiger partial charge in [0.05, 0.1) is 18.1 Å². The molecule has 136 valence electrons. The van der Waals surface area contributed by atoms with Crippen LogP contribution in [0.2, 0.25) is 0 Å². The molecular formula is C18H26N4O3. The molecule has 7 heteroatoms. The lowest BCUT2D eigenvalue weighted by molar-refractivity contribution is -0.149. The van der Waals surface area contributed by atoms with Crippen LogP contribution >= 0.6 is 0 Å². The van der Waals surface area contributed by atoms with Crippen LogP contribution in [0, 0.1) is 11.3 Å². The Balaban J connectivity index is 1.57. The predicted molar refractivity (Wildman–Crippen MR) is 93.7 cm³/mol. The predicted octanol–water partition coefficient (Wildman–Crippen LogP) is 1.52. The maximum Gasteiger partial charge on any atom is 0.311 e. The number of aromatic nitrogens is 2. The summed E-state index contributed by atoms with van der Waals surface area (Å²) in [5, 5.41) is 19.4. The lowest BCUT2D eigenvalue weighted by Gasteiger charge is -2.35. The number of nitrogens with zero attached hydrogens (tertiary/aromatic N) is 4. The number of carboxylic acid groups (broad SMARTS) is 1. The number of carboxylic acids is 1. The van der Waals surface area contributed by atoms with Crippen molar-refractivity contribution in [1.82, 2.24) is 9.97 Å². The van der Waals surface area contributed by atoms with Gasteiger partial charge in [-0.3, -0.25) is 4.79 Å². The van der Waals surface area contributed by atoms with Crippen LogP contribution in [0.5, 0.6) is 0 Å². The fraction of sp³-hybridized carbons (Fsp3) is 0.722. The second-order valence-electron chi connectivity index (χ2n) is 7.69. The average molecular weight is 346 g/mol. The summed E-state index contributed by atoms with van der Waals surface area (Å²) in [7, 11) is 0. The summed E-state index contributed by atoms with van der Waals surface area (Å²) in [5.41, 5.74) is -0.607. The Labute approximate surface area is 147 Å². The minimum atomic E-state index is -0.664. The van der Waals surface area contributed by atoms with Gasteiger partial charge in [-0.1, -0.05) is 6.42 Å². The van der Waals surface area contributed by atoms with Crippen LogP contribution in [0.1, 0.15) is 38.5 Å². The van der Waals surface area contributed by atoms with Crippen LogP contribution < -0.4 is 9.80 Å². The second kappa shape index (κ2) is 6.44. The van der Waals surface area contributed by atoms with Gasteiger partial charge in [-0.15, -0.1) is 0 Å². The normalized spacial score (nSPS) is 32.0. The van der Waals surface area contributed by atoms with Crippen molar-refractivity contribution in [2.24, 2.45) is 11.3 Å². The first-order valence-electron chi connectivity index (χ1n) is 9.32. The standard InChI is InChI=1S/C18H26N4O3/c23-10-14-5-1-2-7-22(14)16-8-15(19-12-20-16)21-9-13-4-3-6-18(13,11-21)17(24)25/h8,12-14,23H,1-7,9-11H2,(H,24,25)/t13-,14?,18+/m0/s1. The number of hydrogen-bond acceptors (Lipinski definition) is 6. The third-order valence-electron chi connectivity index (χ3n) is 6.39. The number of fused-ring (bicyclic) bond motifs is 1. The van der Waals surface area contributed by atoms with E-state index in [1.165, 1.54) is 0 Å². The Hall–Kier alpha value is -1.89. The summed E-state index contributed by atoms with van der Waals surface area (Å²) >= 11 is 0. The SMILES string of the molecule is O=C(O)[C@@]12CCC[C@H]1CN(c1cc(N3CCCCC3CO)ncn1)C2. The van der Waals surface area contributed by atoms with E-state index in [1.54, 1.807) is 6.33 Å². The molecule has 0 spiro atoms. The number of aliphatic carboxylic acids is 1. The van der Waals surface area contributed by atoms with E-state index < -0.39 is 11.4 Å². The summed E-state index contributed by atoms with van der Waals surface area (Å²) < 4.78 is 0. The quantitative estimate of drug-likeness (QED) is 0.854. The molecule has 0 radical (unpaired) electrons. The molecule has 0 bridgehead atoms. The van der Waals surface area contributed by atoms with Gasteiger partial charge in [-0.05, 0) is 38.0 Å². The van der Waals surface area contributed by atoms with Gasteiger partial charge >= 0.3 is 5.97 Å². The van der Waals surface area contributed by atoms with Crippen molar-refractivity contribution in [1.29, 1.82) is 0 Å². The van der Waals surface area contributed by atoms with Crippen molar-refractivity contribution < 1.29 is 15.0 Å². The van der Waals surface area contributed by atoms with E-state index in [9.17, 15) is 15.0 Å². The minimum Gasteiger partial charge on any atom is -0.481 e. The molecule has 1 unspecified atom stereocenters. The number of carbonyl (C=O) groups is 1. The second-order valence-corrected chi connectivity index (χ2v) is 7.69. The van der Waals surface area contributed by atoms with E-state index in [-0.39, 0.29) is 18.6 Å². The molecule has 1 saturated carbocycles. The van der Waals surface area contributed by atoms with Gasteiger partial charge < -0.3 is 20.0 Å². The smallest absolute Gasteiger partial charge is 0.311 e. The van der Waals surface area contributed by atoms with Gasteiger partial charge in [0.15, 0.2) is 0 Å². The number of aliphatic hydroxyl groups excluding tert-OH is 1. The number of hydrogen-bond donors (Lipinski definition) is 2. The lowest BCUT2D eigenvalue weighted by Crippen LogP contribution is -2.42. The molecule has 3 atom stereocenters. The maximum atomic E-state index is 11.9. The van der Waals surface area contributed by atoms with E-state index >= 15 is 0 Å². The molecule has 1 aliphatic carbocycles. The zero-order valence-electron chi connectivity index (χ0n) is 14.5. The van der Waals surface area contributed by atoms with Gasteiger partial charge in [0.2, 0.25) is 0 Å². The van der Waals surface area contributed by atoms with E-state index in [2.05, 4.69) is 19.8 Å². The van der Waals surface area contributed by atoms with Crippen LogP contribution in [-0.4, -0.2) is 58.4 Å². The first-order valence-corrected chi connectivity index (χ1v) is 9.32. The van der Waals surface area contributed by atoms with Crippen molar-refractivity contribution >= 4 is 17.6 Å². The number of aliphatic hydroxyl groups is 1. The molecule has 0 amide bonds. The Morgan fingerprint density at radius 2 is 2.08 bits per heavy atom. The van der Waals surface area contributed by atoms with Gasteiger partial charge in [0.1, 0.15) is 18.0 Å². The van der Waals surface area contributed by atoms with E-state index in [4.69, 9.17) is 0 Å². The fourth-order valence-corrected chi connectivity index (χ4v) is 4.97. The van der Waals surface area contributed by atoms with Crippen LogP contribution in [0.25, 0.3) is 0 Å². The molecule has 25 heavy (non-hydrogen) atoms. The summed E-state index contributed by atoms with van der Waals surface area (Å²) in [5.74, 6) is 1.19. The van der Waals surface area contributed by atoms with Crippen molar-refractivity contribution in [3.63, 3.8) is 0 Å². The topological polar surface area (TPSA) is 89.8 Å². The average Bonchev–Trinajstić information content (AvgIpc) is 3.20. The highest BCUT2D eigenvalue weighted by Crippen LogP contribution is 2.49. The number of rotatable bonds is 4. The zero-order valence-corrected chi connectivity index (χ0v) is 14.5. The molecule has 2 saturated heterocycles. The van der Waals surface area contributed by atoms with E-state index in [0.717, 1.165) is 63.3 Å². The zero-order chi connectivity index (χ0) is 17.4. The van der Waals surface area contributed by atoms with E-state index in [1.807, 2.05) is 6.07 Å². The largest absolute Gasteiger partial charge is 0.481 e. The molecule has 2 aliphatic heterocycles. The highest BCUT2D eigenvalue weighted by atomic mass is 16.4. The van der Waals surface area contributed by atoms with Crippen LogP contribution in [0.4, 0.5) is 11.6 Å². The van der Waals surface area contributed by atoms with Crippen LogP contribution in [-0.2, 0) is 4.79 Å². The molecule has 2 N–H and O–H groups in total. The minimum absolute atomic E-state index is 0.111. The highest BCUT2D eigenvalue weighted by Gasteiger charge is 2.55. The Kier molecular flexibility index (Phi) is 4.27. The van der Waals surface area contributed by atoms with Crippen molar-refractivity contribution in [3.05, 3.63) is 12.4 Å². The third kappa shape index (κ3) is 2.74. The maximum absolute atomic E-state index is 11.9. The summed E-state index contributed by atoms with van der Waals surface area (Å²) in [4.78, 5) is 25.0. The summed E-state index contributed by atoms with van der Waals surface area (Å²) in [6.07, 6.45) is 7.53. The molecule has 3 heterocycles. The molecule has 1 aromatic rings. The van der Waals surface area contributed by atoms with Crippen molar-refractivity contribution in [2.75, 3.05) is 36.0 Å². The molecule has 3 aliphatic rings. The van der Waals surface area contributed by atoms with Crippen LogP contribution in [0.3, 0.4) is 0 Å².